The molecule has 1 aliphatic heterocycles. The van der Waals surface area contributed by atoms with E-state index in [1.165, 1.54) is 5.56 Å². The van der Waals surface area contributed by atoms with Crippen molar-refractivity contribution < 1.29 is 9.47 Å². The Bertz CT molecular complexity index is 361. The van der Waals surface area contributed by atoms with E-state index in [0.29, 0.717) is 18.6 Å². The maximum Gasteiger partial charge on any atom is 0.119 e. The maximum absolute atomic E-state index is 5.58. The number of ether oxygens (including phenoxy) is 2. The van der Waals surface area contributed by atoms with E-state index in [4.69, 9.17) is 9.47 Å². The molecular formula is C15H23NO2. The van der Waals surface area contributed by atoms with Crippen LogP contribution in [0, 0.1) is 5.92 Å². The van der Waals surface area contributed by atoms with Crippen LogP contribution < -0.4 is 10.1 Å². The lowest BCUT2D eigenvalue weighted by Crippen LogP contribution is -2.28. The van der Waals surface area contributed by atoms with Gasteiger partial charge in [-0.15, -0.1) is 0 Å². The third-order valence-electron chi connectivity index (χ3n) is 3.39. The third kappa shape index (κ3) is 3.24. The lowest BCUT2D eigenvalue weighted by molar-refractivity contribution is 0.177. The monoisotopic (exact) mass is 249 g/mol. The summed E-state index contributed by atoms with van der Waals surface area (Å²) in [5, 5.41) is 3.57. The average Bonchev–Trinajstić information content (AvgIpc) is 2.90. The number of nitrogens with one attached hydrogen (secondary N) is 1. The van der Waals surface area contributed by atoms with E-state index in [0.717, 1.165) is 31.9 Å². The molecule has 1 heterocycles. The minimum absolute atomic E-state index is 0.373. The Labute approximate surface area is 109 Å². The van der Waals surface area contributed by atoms with Gasteiger partial charge in [-0.25, -0.2) is 0 Å². The Morgan fingerprint density at radius 1 is 1.44 bits per heavy atom. The third-order valence-corrected chi connectivity index (χ3v) is 3.39. The number of hydrogen-bond donors (Lipinski definition) is 1. The molecule has 0 aromatic heterocycles. The van der Waals surface area contributed by atoms with Crippen molar-refractivity contribution in [2.45, 2.75) is 26.3 Å². The molecule has 1 fully saturated rings. The zero-order chi connectivity index (χ0) is 12.8. The Kier molecular flexibility index (Phi) is 5.02. The molecule has 1 aromatic rings. The molecule has 0 amide bonds. The standard InChI is InChI=1S/C15H23NO2/c1-3-16-15(13-8-9-17-11-13)12-6-5-7-14(10-12)18-4-2/h5-7,10,13,15-16H,3-4,8-9,11H2,1-2H3. The summed E-state index contributed by atoms with van der Waals surface area (Å²) in [7, 11) is 0. The molecule has 1 aromatic carbocycles. The zero-order valence-corrected chi connectivity index (χ0v) is 11.3. The second-order valence-electron chi connectivity index (χ2n) is 4.66. The fraction of sp³-hybridized carbons (Fsp3) is 0.600. The Morgan fingerprint density at radius 3 is 3.00 bits per heavy atom. The van der Waals surface area contributed by atoms with Crippen LogP contribution in [0.25, 0.3) is 0 Å². The smallest absolute Gasteiger partial charge is 0.119 e. The van der Waals surface area contributed by atoms with Crippen LogP contribution in [0.15, 0.2) is 24.3 Å². The van der Waals surface area contributed by atoms with Gasteiger partial charge in [0.15, 0.2) is 0 Å². The summed E-state index contributed by atoms with van der Waals surface area (Å²) in [4.78, 5) is 0. The van der Waals surface area contributed by atoms with Crippen LogP contribution in [0.4, 0.5) is 0 Å². The predicted octanol–water partition coefficient (Wildman–Crippen LogP) is 2.77. The van der Waals surface area contributed by atoms with E-state index < -0.39 is 0 Å². The highest BCUT2D eigenvalue weighted by Gasteiger charge is 2.26. The molecular weight excluding hydrogens is 226 g/mol. The first-order valence-corrected chi connectivity index (χ1v) is 6.89. The lowest BCUT2D eigenvalue weighted by Gasteiger charge is -2.24. The molecule has 2 rings (SSSR count). The summed E-state index contributed by atoms with van der Waals surface area (Å²) in [5.41, 5.74) is 1.30. The molecule has 100 valence electrons. The van der Waals surface area contributed by atoms with Gasteiger partial charge in [0.05, 0.1) is 13.2 Å². The molecule has 18 heavy (non-hydrogen) atoms. The predicted molar refractivity (Wildman–Crippen MR) is 73.0 cm³/mol. The topological polar surface area (TPSA) is 30.5 Å². The van der Waals surface area contributed by atoms with Crippen LogP contribution in [0.1, 0.15) is 31.9 Å². The van der Waals surface area contributed by atoms with Gasteiger partial charge in [-0.2, -0.15) is 0 Å². The number of rotatable bonds is 6. The van der Waals surface area contributed by atoms with Gasteiger partial charge in [0.25, 0.3) is 0 Å². The first-order chi connectivity index (χ1) is 8.85. The van der Waals surface area contributed by atoms with E-state index >= 15 is 0 Å². The van der Waals surface area contributed by atoms with Gasteiger partial charge in [0.1, 0.15) is 5.75 Å². The molecule has 0 radical (unpaired) electrons. The minimum Gasteiger partial charge on any atom is -0.494 e. The molecule has 2 atom stereocenters. The second kappa shape index (κ2) is 6.76. The van der Waals surface area contributed by atoms with Crippen LogP contribution in [-0.2, 0) is 4.74 Å². The summed E-state index contributed by atoms with van der Waals surface area (Å²) < 4.78 is 11.1. The highest BCUT2D eigenvalue weighted by Crippen LogP contribution is 2.30. The van der Waals surface area contributed by atoms with Crippen molar-refractivity contribution in [3.05, 3.63) is 29.8 Å². The first-order valence-electron chi connectivity index (χ1n) is 6.89. The molecule has 0 bridgehead atoms. The average molecular weight is 249 g/mol. The maximum atomic E-state index is 5.58. The molecule has 3 heteroatoms. The molecule has 1 N–H and O–H groups in total. The molecule has 0 aliphatic carbocycles. The normalized spacial score (nSPS) is 20.9. The van der Waals surface area contributed by atoms with Crippen molar-refractivity contribution in [3.63, 3.8) is 0 Å². The molecule has 0 saturated carbocycles. The summed E-state index contributed by atoms with van der Waals surface area (Å²) in [6.07, 6.45) is 1.14. The number of hydrogen-bond acceptors (Lipinski definition) is 3. The van der Waals surface area contributed by atoms with Crippen LogP contribution in [0.3, 0.4) is 0 Å². The lowest BCUT2D eigenvalue weighted by atomic mass is 9.92. The van der Waals surface area contributed by atoms with Gasteiger partial charge in [-0.1, -0.05) is 19.1 Å². The van der Waals surface area contributed by atoms with E-state index in [1.54, 1.807) is 0 Å². The number of benzene rings is 1. The molecule has 1 saturated heterocycles. The van der Waals surface area contributed by atoms with Crippen molar-refractivity contribution in [1.82, 2.24) is 5.32 Å². The van der Waals surface area contributed by atoms with Crippen molar-refractivity contribution >= 4 is 0 Å². The largest absolute Gasteiger partial charge is 0.494 e. The zero-order valence-electron chi connectivity index (χ0n) is 11.3. The van der Waals surface area contributed by atoms with Gasteiger partial charge in [0.2, 0.25) is 0 Å². The molecule has 3 nitrogen and oxygen atoms in total. The minimum atomic E-state index is 0.373. The summed E-state index contributed by atoms with van der Waals surface area (Å²) >= 11 is 0. The summed E-state index contributed by atoms with van der Waals surface area (Å²) in [5.74, 6) is 1.53. The van der Waals surface area contributed by atoms with Crippen LogP contribution >= 0.6 is 0 Å². The van der Waals surface area contributed by atoms with Crippen molar-refractivity contribution in [2.24, 2.45) is 5.92 Å². The van der Waals surface area contributed by atoms with Gasteiger partial charge in [-0.3, -0.25) is 0 Å². The van der Waals surface area contributed by atoms with Crippen LogP contribution in [0.5, 0.6) is 5.75 Å². The van der Waals surface area contributed by atoms with Crippen molar-refractivity contribution in [2.75, 3.05) is 26.4 Å². The second-order valence-corrected chi connectivity index (χ2v) is 4.66. The Morgan fingerprint density at radius 2 is 2.33 bits per heavy atom. The molecule has 2 unspecified atom stereocenters. The summed E-state index contributed by atoms with van der Waals surface area (Å²) in [6.45, 7) is 7.59. The van der Waals surface area contributed by atoms with E-state index in [2.05, 4.69) is 30.4 Å². The van der Waals surface area contributed by atoms with Crippen molar-refractivity contribution in [1.29, 1.82) is 0 Å². The SMILES string of the molecule is CCNC(c1cccc(OCC)c1)C1CCOC1. The van der Waals surface area contributed by atoms with Crippen LogP contribution in [-0.4, -0.2) is 26.4 Å². The highest BCUT2D eigenvalue weighted by molar-refractivity contribution is 5.31. The molecule has 1 aliphatic rings. The van der Waals surface area contributed by atoms with E-state index in [-0.39, 0.29) is 0 Å². The van der Waals surface area contributed by atoms with E-state index in [9.17, 15) is 0 Å². The van der Waals surface area contributed by atoms with Gasteiger partial charge >= 0.3 is 0 Å². The highest BCUT2D eigenvalue weighted by atomic mass is 16.5. The fourth-order valence-electron chi connectivity index (χ4n) is 2.56. The Hall–Kier alpha value is -1.06. The van der Waals surface area contributed by atoms with Gasteiger partial charge in [-0.05, 0) is 37.6 Å². The first kappa shape index (κ1) is 13.4. The van der Waals surface area contributed by atoms with Crippen LogP contribution in [0.2, 0.25) is 0 Å². The van der Waals surface area contributed by atoms with E-state index in [1.807, 2.05) is 13.0 Å². The van der Waals surface area contributed by atoms with Gasteiger partial charge in [0, 0.05) is 18.6 Å². The Balaban J connectivity index is 2.15. The quantitative estimate of drug-likeness (QED) is 0.841. The van der Waals surface area contributed by atoms with Gasteiger partial charge < -0.3 is 14.8 Å². The summed E-state index contributed by atoms with van der Waals surface area (Å²) in [6, 6.07) is 8.78. The van der Waals surface area contributed by atoms with Crippen molar-refractivity contribution in [3.8, 4) is 5.75 Å². The fourth-order valence-corrected chi connectivity index (χ4v) is 2.56. The molecule has 0 spiro atoms.